The number of nitrogens with one attached hydrogen (secondary N) is 1. The standard InChI is InChI=1S/C13H14N2OS2/c1-18-13(6-7-13)8-15-11(16)9-4-2-3-5-10(9)14-12(15)17/h2-5H,6-8H2,1H3,(H,14,17). The Kier molecular flexibility index (Phi) is 2.83. The molecule has 94 valence electrons. The molecule has 5 heteroatoms. The van der Waals surface area contributed by atoms with Crippen molar-refractivity contribution in [3.63, 3.8) is 0 Å². The van der Waals surface area contributed by atoms with Crippen LogP contribution in [0.25, 0.3) is 10.9 Å². The van der Waals surface area contributed by atoms with Crippen molar-refractivity contribution >= 4 is 34.9 Å². The first-order valence-corrected chi connectivity index (χ1v) is 7.56. The highest BCUT2D eigenvalue weighted by molar-refractivity contribution is 8.00. The van der Waals surface area contributed by atoms with E-state index in [-0.39, 0.29) is 10.3 Å². The summed E-state index contributed by atoms with van der Waals surface area (Å²) in [5.41, 5.74) is 0.840. The lowest BCUT2D eigenvalue weighted by atomic mass is 10.2. The summed E-state index contributed by atoms with van der Waals surface area (Å²) in [6, 6.07) is 7.52. The van der Waals surface area contributed by atoms with E-state index in [1.54, 1.807) is 4.57 Å². The molecule has 0 amide bonds. The first kappa shape index (κ1) is 12.0. The monoisotopic (exact) mass is 278 g/mol. The summed E-state index contributed by atoms with van der Waals surface area (Å²) in [6.45, 7) is 0.715. The average Bonchev–Trinajstić information content (AvgIpc) is 3.15. The zero-order valence-corrected chi connectivity index (χ0v) is 11.7. The summed E-state index contributed by atoms with van der Waals surface area (Å²) in [7, 11) is 0. The Bertz CT molecular complexity index is 713. The molecule has 0 radical (unpaired) electrons. The molecule has 0 unspecified atom stereocenters. The minimum atomic E-state index is 0.0228. The molecule has 1 fully saturated rings. The van der Waals surface area contributed by atoms with Crippen LogP contribution in [0.1, 0.15) is 12.8 Å². The maximum Gasteiger partial charge on any atom is 0.262 e. The van der Waals surface area contributed by atoms with Crippen molar-refractivity contribution in [2.24, 2.45) is 0 Å². The van der Waals surface area contributed by atoms with Crippen molar-refractivity contribution in [1.29, 1.82) is 0 Å². The fraction of sp³-hybridized carbons (Fsp3) is 0.385. The molecule has 1 N–H and O–H groups in total. The lowest BCUT2D eigenvalue weighted by Crippen LogP contribution is -2.27. The molecule has 1 heterocycles. The van der Waals surface area contributed by atoms with Crippen LogP contribution in [0.3, 0.4) is 0 Å². The van der Waals surface area contributed by atoms with E-state index in [1.807, 2.05) is 36.0 Å². The van der Waals surface area contributed by atoms with Gasteiger partial charge in [-0.25, -0.2) is 0 Å². The summed E-state index contributed by atoms with van der Waals surface area (Å²) >= 11 is 7.14. The van der Waals surface area contributed by atoms with Gasteiger partial charge in [-0.15, -0.1) is 0 Å². The van der Waals surface area contributed by atoms with Crippen LogP contribution in [0, 0.1) is 4.77 Å². The predicted octanol–water partition coefficient (Wildman–Crippen LogP) is 2.95. The van der Waals surface area contributed by atoms with Crippen LogP contribution < -0.4 is 5.56 Å². The molecule has 18 heavy (non-hydrogen) atoms. The molecule has 0 bridgehead atoms. The summed E-state index contributed by atoms with van der Waals surface area (Å²) in [4.78, 5) is 15.6. The van der Waals surface area contributed by atoms with Gasteiger partial charge in [-0.2, -0.15) is 11.8 Å². The number of benzene rings is 1. The van der Waals surface area contributed by atoms with Crippen LogP contribution in [0.5, 0.6) is 0 Å². The molecule has 1 aliphatic carbocycles. The van der Waals surface area contributed by atoms with E-state index in [4.69, 9.17) is 12.2 Å². The van der Waals surface area contributed by atoms with E-state index in [9.17, 15) is 4.79 Å². The third-order valence-corrected chi connectivity index (χ3v) is 5.30. The third kappa shape index (κ3) is 1.91. The normalized spacial score (nSPS) is 16.9. The van der Waals surface area contributed by atoms with Crippen molar-refractivity contribution in [1.82, 2.24) is 9.55 Å². The molecule has 0 spiro atoms. The minimum Gasteiger partial charge on any atom is -0.332 e. The Labute approximate surface area is 114 Å². The second kappa shape index (κ2) is 4.24. The van der Waals surface area contributed by atoms with Gasteiger partial charge in [-0.1, -0.05) is 12.1 Å². The Morgan fingerprint density at radius 3 is 2.83 bits per heavy atom. The number of aromatic nitrogens is 2. The lowest BCUT2D eigenvalue weighted by molar-refractivity contribution is 0.623. The number of fused-ring (bicyclic) bond motifs is 1. The van der Waals surface area contributed by atoms with Gasteiger partial charge in [0.15, 0.2) is 4.77 Å². The van der Waals surface area contributed by atoms with Gasteiger partial charge in [-0.3, -0.25) is 9.36 Å². The number of para-hydroxylation sites is 1. The largest absolute Gasteiger partial charge is 0.332 e. The highest BCUT2D eigenvalue weighted by atomic mass is 32.2. The first-order valence-electron chi connectivity index (χ1n) is 5.92. The summed E-state index contributed by atoms with van der Waals surface area (Å²) < 4.78 is 2.47. The van der Waals surface area contributed by atoms with Crippen molar-refractivity contribution in [3.8, 4) is 0 Å². The summed E-state index contributed by atoms with van der Waals surface area (Å²) in [5, 5.41) is 0.711. The number of rotatable bonds is 3. The molecule has 3 nitrogen and oxygen atoms in total. The van der Waals surface area contributed by atoms with Gasteiger partial charge >= 0.3 is 0 Å². The maximum atomic E-state index is 12.4. The molecule has 1 aromatic carbocycles. The van der Waals surface area contributed by atoms with Crippen molar-refractivity contribution in [3.05, 3.63) is 39.4 Å². The first-order chi connectivity index (χ1) is 8.65. The van der Waals surface area contributed by atoms with Crippen LogP contribution in [0.15, 0.2) is 29.1 Å². The Morgan fingerprint density at radius 2 is 2.17 bits per heavy atom. The molecular weight excluding hydrogens is 264 g/mol. The highest BCUT2D eigenvalue weighted by Crippen LogP contribution is 2.48. The van der Waals surface area contributed by atoms with Crippen molar-refractivity contribution in [2.75, 3.05) is 6.26 Å². The number of H-pyrrole nitrogens is 1. The summed E-state index contributed by atoms with van der Waals surface area (Å²) in [6.07, 6.45) is 4.44. The number of thioether (sulfide) groups is 1. The Hall–Kier alpha value is -1.07. The van der Waals surface area contributed by atoms with E-state index in [0.717, 1.165) is 5.52 Å². The fourth-order valence-electron chi connectivity index (χ4n) is 2.20. The van der Waals surface area contributed by atoms with Gasteiger partial charge in [-0.05, 0) is 43.4 Å². The quantitative estimate of drug-likeness (QED) is 0.877. The molecular formula is C13H14N2OS2. The van der Waals surface area contributed by atoms with E-state index in [1.165, 1.54) is 12.8 Å². The van der Waals surface area contributed by atoms with E-state index < -0.39 is 0 Å². The van der Waals surface area contributed by atoms with Crippen molar-refractivity contribution in [2.45, 2.75) is 24.1 Å². The van der Waals surface area contributed by atoms with Gasteiger partial charge < -0.3 is 4.98 Å². The van der Waals surface area contributed by atoms with Gasteiger partial charge in [0.05, 0.1) is 10.9 Å². The number of hydrogen-bond donors (Lipinski definition) is 1. The van der Waals surface area contributed by atoms with Gasteiger partial charge in [0.1, 0.15) is 0 Å². The minimum absolute atomic E-state index is 0.0228. The Morgan fingerprint density at radius 1 is 1.44 bits per heavy atom. The van der Waals surface area contributed by atoms with Gasteiger partial charge in [0, 0.05) is 11.3 Å². The van der Waals surface area contributed by atoms with E-state index in [2.05, 4.69) is 11.2 Å². The van der Waals surface area contributed by atoms with E-state index >= 15 is 0 Å². The molecule has 0 aliphatic heterocycles. The maximum absolute atomic E-state index is 12.4. The van der Waals surface area contributed by atoms with Crippen LogP contribution in [-0.2, 0) is 6.54 Å². The van der Waals surface area contributed by atoms with Crippen LogP contribution in [-0.4, -0.2) is 20.6 Å². The summed E-state index contributed by atoms with van der Waals surface area (Å²) in [5.74, 6) is 0. The molecule has 0 saturated heterocycles. The Balaban J connectivity index is 2.18. The second-order valence-corrected chi connectivity index (χ2v) is 6.42. The van der Waals surface area contributed by atoms with Gasteiger partial charge in [0.2, 0.25) is 0 Å². The molecule has 1 aromatic heterocycles. The molecule has 1 saturated carbocycles. The number of aromatic amines is 1. The van der Waals surface area contributed by atoms with Crippen molar-refractivity contribution < 1.29 is 0 Å². The second-order valence-electron chi connectivity index (χ2n) is 4.75. The number of hydrogen-bond acceptors (Lipinski definition) is 3. The zero-order chi connectivity index (χ0) is 12.8. The molecule has 2 aromatic rings. The molecule has 0 atom stereocenters. The average molecular weight is 278 g/mol. The fourth-order valence-corrected chi connectivity index (χ4v) is 3.22. The topological polar surface area (TPSA) is 37.8 Å². The van der Waals surface area contributed by atoms with E-state index in [0.29, 0.717) is 16.7 Å². The zero-order valence-electron chi connectivity index (χ0n) is 10.1. The third-order valence-electron chi connectivity index (χ3n) is 3.58. The lowest BCUT2D eigenvalue weighted by Gasteiger charge is -2.14. The van der Waals surface area contributed by atoms with Crippen LogP contribution in [0.2, 0.25) is 0 Å². The molecule has 1 aliphatic rings. The highest BCUT2D eigenvalue weighted by Gasteiger charge is 2.42. The van der Waals surface area contributed by atoms with Gasteiger partial charge in [0.25, 0.3) is 5.56 Å². The SMILES string of the molecule is CSC1(Cn2c(=S)[nH]c3ccccc3c2=O)CC1. The predicted molar refractivity (Wildman–Crippen MR) is 78.9 cm³/mol. The smallest absolute Gasteiger partial charge is 0.262 e. The van der Waals surface area contributed by atoms with Crippen LogP contribution in [0.4, 0.5) is 0 Å². The van der Waals surface area contributed by atoms with Crippen LogP contribution >= 0.6 is 24.0 Å². The number of nitrogens with zero attached hydrogens (tertiary/aromatic N) is 1. The molecule has 3 rings (SSSR count).